The lowest BCUT2D eigenvalue weighted by Crippen LogP contribution is -2.32. The first kappa shape index (κ1) is 27.7. The van der Waals surface area contributed by atoms with Gasteiger partial charge in [0.2, 0.25) is 0 Å². The van der Waals surface area contributed by atoms with Crippen molar-refractivity contribution >= 4 is 0 Å². The van der Waals surface area contributed by atoms with E-state index in [1.54, 1.807) is 0 Å². The van der Waals surface area contributed by atoms with E-state index in [9.17, 15) is 0 Å². The van der Waals surface area contributed by atoms with Gasteiger partial charge in [-0.1, -0.05) is 13.8 Å². The second-order valence-corrected chi connectivity index (χ2v) is 7.86. The molecule has 0 aromatic carbocycles. The van der Waals surface area contributed by atoms with Crippen LogP contribution in [0, 0.1) is 5.92 Å². The highest BCUT2D eigenvalue weighted by atomic mass is 16.5. The van der Waals surface area contributed by atoms with E-state index in [1.165, 1.54) is 0 Å². The van der Waals surface area contributed by atoms with Gasteiger partial charge in [-0.2, -0.15) is 0 Å². The number of hydrogen-bond donors (Lipinski definition) is 0. The van der Waals surface area contributed by atoms with Gasteiger partial charge >= 0.3 is 0 Å². The lowest BCUT2D eigenvalue weighted by molar-refractivity contribution is 0.0300. The number of hydrogen-bond acceptors (Lipinski definition) is 3. The highest BCUT2D eigenvalue weighted by Gasteiger charge is 2.04. The summed E-state index contributed by atoms with van der Waals surface area (Å²) in [6, 6.07) is 1.35. The predicted molar refractivity (Wildman–Crippen MR) is 105 cm³/mol. The fraction of sp³-hybridized carbons (Fsp3) is 1.00. The van der Waals surface area contributed by atoms with E-state index < -0.39 is 0 Å². The summed E-state index contributed by atoms with van der Waals surface area (Å²) < 4.78 is 10.6. The maximum atomic E-state index is 5.30. The van der Waals surface area contributed by atoms with Gasteiger partial charge in [-0.15, -0.1) is 0 Å². The summed E-state index contributed by atoms with van der Waals surface area (Å²) in [5.41, 5.74) is 0. The molecular weight excluding hydrogens is 286 g/mol. The van der Waals surface area contributed by atoms with Gasteiger partial charge in [-0.25, -0.2) is 0 Å². The molecule has 0 aromatic heterocycles. The highest BCUT2D eigenvalue weighted by molar-refractivity contribution is 4.60. The molecule has 3 heteroatoms. The average Bonchev–Trinajstić information content (AvgIpc) is 2.34. The van der Waals surface area contributed by atoms with Crippen molar-refractivity contribution in [3.63, 3.8) is 0 Å². The first-order valence-corrected chi connectivity index (χ1v) is 9.30. The molecule has 0 aliphatic carbocycles. The van der Waals surface area contributed by atoms with Crippen LogP contribution >= 0.6 is 0 Å². The Kier molecular flexibility index (Phi) is 20.2. The molecule has 3 nitrogen and oxygen atoms in total. The molecule has 0 aliphatic rings. The molecule has 0 unspecified atom stereocenters. The molecule has 23 heavy (non-hydrogen) atoms. The van der Waals surface area contributed by atoms with E-state index >= 15 is 0 Å². The zero-order valence-corrected chi connectivity index (χ0v) is 18.4. The molecule has 0 bridgehead atoms. The van der Waals surface area contributed by atoms with E-state index in [0.717, 1.165) is 6.61 Å². The number of rotatable bonds is 7. The van der Waals surface area contributed by atoms with Crippen LogP contribution in [0.5, 0.6) is 0 Å². The predicted octanol–water partition coefficient (Wildman–Crippen LogP) is 5.62. The third-order valence-electron chi connectivity index (χ3n) is 2.94. The molecule has 144 valence electrons. The van der Waals surface area contributed by atoms with Crippen molar-refractivity contribution in [2.24, 2.45) is 5.92 Å². The zero-order valence-electron chi connectivity index (χ0n) is 18.4. The van der Waals surface area contributed by atoms with E-state index in [-0.39, 0.29) is 0 Å². The van der Waals surface area contributed by atoms with Crippen LogP contribution in [0.1, 0.15) is 83.1 Å². The van der Waals surface area contributed by atoms with Crippen LogP contribution in [0.15, 0.2) is 0 Å². The normalized spacial score (nSPS) is 11.5. The topological polar surface area (TPSA) is 21.7 Å². The highest BCUT2D eigenvalue weighted by Crippen LogP contribution is 1.98. The first-order valence-electron chi connectivity index (χ1n) is 9.30. The van der Waals surface area contributed by atoms with E-state index in [1.807, 2.05) is 27.7 Å². The maximum Gasteiger partial charge on any atom is 0.0522 e. The molecular formula is C20H47NO2. The summed E-state index contributed by atoms with van der Waals surface area (Å²) in [7, 11) is 2.15. The molecule has 0 heterocycles. The van der Waals surface area contributed by atoms with Crippen LogP contribution in [0.2, 0.25) is 0 Å². The second kappa shape index (κ2) is 16.7. The smallest absolute Gasteiger partial charge is 0.0522 e. The van der Waals surface area contributed by atoms with E-state index in [4.69, 9.17) is 9.47 Å². The Labute approximate surface area is 148 Å². The summed E-state index contributed by atoms with van der Waals surface area (Å²) in [6.07, 6.45) is 1.14. The lowest BCUT2D eigenvalue weighted by atomic mass is 10.2. The molecule has 0 N–H and O–H groups in total. The van der Waals surface area contributed by atoms with Crippen LogP contribution in [0.3, 0.4) is 0 Å². The summed E-state index contributed by atoms with van der Waals surface area (Å²) in [6.45, 7) is 26.3. The Hall–Kier alpha value is -0.120. The van der Waals surface area contributed by atoms with Crippen LogP contribution in [0.4, 0.5) is 0 Å². The van der Waals surface area contributed by atoms with Crippen molar-refractivity contribution in [3.8, 4) is 0 Å². The molecule has 0 saturated carbocycles. The average molecular weight is 334 g/mol. The van der Waals surface area contributed by atoms with Crippen LogP contribution < -0.4 is 0 Å². The summed E-state index contributed by atoms with van der Waals surface area (Å²) in [5, 5.41) is 0. The fourth-order valence-corrected chi connectivity index (χ4v) is 1.53. The standard InChI is InChI=1S/C7H17N.C7H16O.C6H14O/c1-6(2)8(5)7(3)4;1-6(2)5-8-7(3)4;1-5(2)7-6(3)4/h6-7H,1-5H3;6-7H,5H2,1-4H3;5-6H,1-4H3. The third-order valence-corrected chi connectivity index (χ3v) is 2.94. The maximum absolute atomic E-state index is 5.30. The van der Waals surface area contributed by atoms with Crippen molar-refractivity contribution in [3.05, 3.63) is 0 Å². The molecule has 0 aliphatic heterocycles. The summed E-state index contributed by atoms with van der Waals surface area (Å²) in [4.78, 5) is 2.33. The van der Waals surface area contributed by atoms with Gasteiger partial charge < -0.3 is 14.4 Å². The Morgan fingerprint density at radius 2 is 0.957 bits per heavy atom. The minimum Gasteiger partial charge on any atom is -0.379 e. The number of ether oxygens (including phenoxy) is 2. The molecule has 0 atom stereocenters. The minimum atomic E-state index is 0.375. The van der Waals surface area contributed by atoms with Crippen molar-refractivity contribution in [2.45, 2.75) is 113 Å². The lowest BCUT2D eigenvalue weighted by Gasteiger charge is -2.24. The van der Waals surface area contributed by atoms with Gasteiger partial charge in [-0.05, 0) is 82.2 Å². The van der Waals surface area contributed by atoms with Crippen molar-refractivity contribution in [1.29, 1.82) is 0 Å². The SMILES string of the molecule is CC(C)COC(C)C.CC(C)N(C)C(C)C.CC(C)OC(C)C. The Morgan fingerprint density at radius 3 is 1.00 bits per heavy atom. The third kappa shape index (κ3) is 30.3. The monoisotopic (exact) mass is 333 g/mol. The summed E-state index contributed by atoms with van der Waals surface area (Å²) in [5.74, 6) is 0.664. The van der Waals surface area contributed by atoms with Gasteiger partial charge in [0.25, 0.3) is 0 Å². The van der Waals surface area contributed by atoms with Crippen molar-refractivity contribution in [1.82, 2.24) is 4.90 Å². The van der Waals surface area contributed by atoms with Crippen LogP contribution in [-0.4, -0.2) is 49.0 Å². The minimum absolute atomic E-state index is 0.375. The van der Waals surface area contributed by atoms with Crippen molar-refractivity contribution in [2.75, 3.05) is 13.7 Å². The molecule has 0 spiro atoms. The second-order valence-electron chi connectivity index (χ2n) is 7.86. The van der Waals surface area contributed by atoms with Gasteiger partial charge in [-0.3, -0.25) is 0 Å². The van der Waals surface area contributed by atoms with Gasteiger partial charge in [0, 0.05) is 18.7 Å². The van der Waals surface area contributed by atoms with Crippen molar-refractivity contribution < 1.29 is 9.47 Å². The Balaban J connectivity index is -0.000000262. The van der Waals surface area contributed by atoms with Gasteiger partial charge in [0.15, 0.2) is 0 Å². The molecule has 0 rings (SSSR count). The summed E-state index contributed by atoms with van der Waals surface area (Å²) >= 11 is 0. The number of nitrogens with zero attached hydrogens (tertiary/aromatic N) is 1. The molecule has 0 fully saturated rings. The van der Waals surface area contributed by atoms with E-state index in [2.05, 4.69) is 67.3 Å². The van der Waals surface area contributed by atoms with Gasteiger partial charge in [0.05, 0.1) is 18.3 Å². The molecule has 0 aromatic rings. The molecule has 0 saturated heterocycles. The quantitative estimate of drug-likeness (QED) is 0.603. The largest absolute Gasteiger partial charge is 0.379 e. The van der Waals surface area contributed by atoms with Gasteiger partial charge in [0.1, 0.15) is 0 Å². The first-order chi connectivity index (χ1) is 10.3. The van der Waals surface area contributed by atoms with E-state index in [0.29, 0.717) is 36.3 Å². The molecule has 0 amide bonds. The zero-order chi connectivity index (χ0) is 19.2. The Bertz CT molecular complexity index is 202. The molecule has 0 radical (unpaired) electrons. The Morgan fingerprint density at radius 1 is 0.609 bits per heavy atom. The van der Waals surface area contributed by atoms with Crippen LogP contribution in [0.25, 0.3) is 0 Å². The fourth-order valence-electron chi connectivity index (χ4n) is 1.53. The van der Waals surface area contributed by atoms with Crippen LogP contribution in [-0.2, 0) is 9.47 Å².